The Morgan fingerprint density at radius 2 is 1.82 bits per heavy atom. The van der Waals surface area contributed by atoms with Gasteiger partial charge < -0.3 is 10.6 Å². The van der Waals surface area contributed by atoms with Crippen LogP contribution < -0.4 is 10.6 Å². The molecule has 1 amide bonds. The molecule has 0 spiro atoms. The van der Waals surface area contributed by atoms with Gasteiger partial charge >= 0.3 is 0 Å². The van der Waals surface area contributed by atoms with Crippen LogP contribution in [0.15, 0.2) is 30.3 Å². The zero-order valence-corrected chi connectivity index (χ0v) is 10.9. The quantitative estimate of drug-likeness (QED) is 0.787. The molecule has 0 saturated carbocycles. The molecule has 0 aliphatic heterocycles. The average Bonchev–Trinajstić information content (AvgIpc) is 2.27. The topological polar surface area (TPSA) is 41.1 Å². The molecule has 1 unspecified atom stereocenters. The van der Waals surface area contributed by atoms with Gasteiger partial charge in [0.25, 0.3) is 0 Å². The molecule has 17 heavy (non-hydrogen) atoms. The monoisotopic (exact) mass is 234 g/mol. The van der Waals surface area contributed by atoms with Crippen LogP contribution in [0.25, 0.3) is 0 Å². The SMILES string of the molecule is CC(C)NC(=O)CNC(C)Cc1ccccc1. The Kier molecular flexibility index (Phi) is 5.70. The van der Waals surface area contributed by atoms with E-state index in [9.17, 15) is 4.79 Å². The van der Waals surface area contributed by atoms with Gasteiger partial charge in [-0.25, -0.2) is 0 Å². The highest BCUT2D eigenvalue weighted by Gasteiger charge is 2.06. The van der Waals surface area contributed by atoms with Crippen molar-refractivity contribution in [2.24, 2.45) is 0 Å². The molecule has 0 bridgehead atoms. The van der Waals surface area contributed by atoms with Gasteiger partial charge in [0.1, 0.15) is 0 Å². The Labute approximate surface area is 104 Å². The normalized spacial score (nSPS) is 12.5. The summed E-state index contributed by atoms with van der Waals surface area (Å²) in [6, 6.07) is 10.8. The van der Waals surface area contributed by atoms with E-state index in [1.807, 2.05) is 32.0 Å². The van der Waals surface area contributed by atoms with Gasteiger partial charge in [-0.3, -0.25) is 4.79 Å². The molecule has 3 heteroatoms. The summed E-state index contributed by atoms with van der Waals surface area (Å²) >= 11 is 0. The van der Waals surface area contributed by atoms with Crippen molar-refractivity contribution in [2.75, 3.05) is 6.54 Å². The molecule has 2 N–H and O–H groups in total. The highest BCUT2D eigenvalue weighted by atomic mass is 16.1. The number of hydrogen-bond donors (Lipinski definition) is 2. The number of nitrogens with one attached hydrogen (secondary N) is 2. The molecule has 1 aromatic carbocycles. The van der Waals surface area contributed by atoms with Crippen molar-refractivity contribution in [1.82, 2.24) is 10.6 Å². The summed E-state index contributed by atoms with van der Waals surface area (Å²) in [4.78, 5) is 11.4. The second-order valence-corrected chi connectivity index (χ2v) is 4.69. The zero-order chi connectivity index (χ0) is 12.7. The summed E-state index contributed by atoms with van der Waals surface area (Å²) in [7, 11) is 0. The molecule has 0 radical (unpaired) electrons. The first-order valence-electron chi connectivity index (χ1n) is 6.14. The van der Waals surface area contributed by atoms with E-state index in [4.69, 9.17) is 0 Å². The summed E-state index contributed by atoms with van der Waals surface area (Å²) in [5, 5.41) is 6.08. The first-order valence-corrected chi connectivity index (χ1v) is 6.14. The van der Waals surface area contributed by atoms with Crippen LogP contribution in [0.1, 0.15) is 26.3 Å². The van der Waals surface area contributed by atoms with Crippen LogP contribution in [0.4, 0.5) is 0 Å². The second kappa shape index (κ2) is 7.07. The minimum absolute atomic E-state index is 0.0555. The lowest BCUT2D eigenvalue weighted by atomic mass is 10.1. The van der Waals surface area contributed by atoms with Gasteiger partial charge in [0.2, 0.25) is 5.91 Å². The van der Waals surface area contributed by atoms with Crippen LogP contribution in [-0.4, -0.2) is 24.5 Å². The van der Waals surface area contributed by atoms with Gasteiger partial charge in [-0.15, -0.1) is 0 Å². The van der Waals surface area contributed by atoms with E-state index in [0.717, 1.165) is 6.42 Å². The number of carbonyl (C=O) groups excluding carboxylic acids is 1. The zero-order valence-electron chi connectivity index (χ0n) is 10.9. The van der Waals surface area contributed by atoms with Crippen LogP contribution in [-0.2, 0) is 11.2 Å². The number of carbonyl (C=O) groups is 1. The largest absolute Gasteiger partial charge is 0.353 e. The van der Waals surface area contributed by atoms with E-state index in [1.165, 1.54) is 5.56 Å². The lowest BCUT2D eigenvalue weighted by molar-refractivity contribution is -0.120. The van der Waals surface area contributed by atoms with E-state index in [1.54, 1.807) is 0 Å². The molecular formula is C14H22N2O. The standard InChI is InChI=1S/C14H22N2O/c1-11(2)16-14(17)10-15-12(3)9-13-7-5-4-6-8-13/h4-8,11-12,15H,9-10H2,1-3H3,(H,16,17). The first kappa shape index (κ1) is 13.7. The minimum Gasteiger partial charge on any atom is -0.353 e. The molecule has 94 valence electrons. The fraction of sp³-hybridized carbons (Fsp3) is 0.500. The van der Waals surface area contributed by atoms with Crippen LogP contribution in [0.5, 0.6) is 0 Å². The van der Waals surface area contributed by atoms with Gasteiger partial charge in [0, 0.05) is 12.1 Å². The molecule has 0 aliphatic carbocycles. The second-order valence-electron chi connectivity index (χ2n) is 4.69. The Balaban J connectivity index is 2.26. The summed E-state index contributed by atoms with van der Waals surface area (Å²) in [6.45, 7) is 6.40. The molecular weight excluding hydrogens is 212 g/mol. The maximum absolute atomic E-state index is 11.4. The number of benzene rings is 1. The Hall–Kier alpha value is -1.35. The number of rotatable bonds is 6. The number of amides is 1. The summed E-state index contributed by atoms with van der Waals surface area (Å²) < 4.78 is 0. The van der Waals surface area contributed by atoms with E-state index in [-0.39, 0.29) is 11.9 Å². The van der Waals surface area contributed by atoms with Crippen LogP contribution >= 0.6 is 0 Å². The Bertz CT molecular complexity index is 335. The molecule has 1 rings (SSSR count). The lowest BCUT2D eigenvalue weighted by Gasteiger charge is -2.14. The predicted octanol–water partition coefficient (Wildman–Crippen LogP) is 1.73. The minimum atomic E-state index is 0.0555. The molecule has 0 fully saturated rings. The van der Waals surface area contributed by atoms with Gasteiger partial charge in [0.15, 0.2) is 0 Å². The van der Waals surface area contributed by atoms with E-state index in [0.29, 0.717) is 12.6 Å². The van der Waals surface area contributed by atoms with E-state index in [2.05, 4.69) is 29.7 Å². The van der Waals surface area contributed by atoms with Crippen LogP contribution in [0.2, 0.25) is 0 Å². The number of hydrogen-bond acceptors (Lipinski definition) is 2. The molecule has 3 nitrogen and oxygen atoms in total. The van der Waals surface area contributed by atoms with Crippen molar-refractivity contribution in [2.45, 2.75) is 39.3 Å². The van der Waals surface area contributed by atoms with Crippen molar-refractivity contribution in [3.8, 4) is 0 Å². The first-order chi connectivity index (χ1) is 8.08. The van der Waals surface area contributed by atoms with Gasteiger partial charge in [-0.05, 0) is 32.8 Å². The average molecular weight is 234 g/mol. The highest BCUT2D eigenvalue weighted by Crippen LogP contribution is 2.02. The predicted molar refractivity (Wildman–Crippen MR) is 70.9 cm³/mol. The smallest absolute Gasteiger partial charge is 0.234 e. The van der Waals surface area contributed by atoms with Crippen molar-refractivity contribution in [3.63, 3.8) is 0 Å². The summed E-state index contributed by atoms with van der Waals surface area (Å²) in [5.41, 5.74) is 1.29. The Morgan fingerprint density at radius 1 is 1.18 bits per heavy atom. The third-order valence-electron chi connectivity index (χ3n) is 2.45. The highest BCUT2D eigenvalue weighted by molar-refractivity contribution is 5.78. The molecule has 0 aliphatic rings. The molecule has 1 aromatic rings. The molecule has 0 aromatic heterocycles. The fourth-order valence-electron chi connectivity index (χ4n) is 1.68. The van der Waals surface area contributed by atoms with Crippen molar-refractivity contribution in [1.29, 1.82) is 0 Å². The van der Waals surface area contributed by atoms with Crippen LogP contribution in [0, 0.1) is 0 Å². The van der Waals surface area contributed by atoms with Crippen molar-refractivity contribution >= 4 is 5.91 Å². The lowest BCUT2D eigenvalue weighted by Crippen LogP contribution is -2.41. The van der Waals surface area contributed by atoms with Gasteiger partial charge in [-0.2, -0.15) is 0 Å². The maximum Gasteiger partial charge on any atom is 0.234 e. The molecule has 1 atom stereocenters. The van der Waals surface area contributed by atoms with Crippen molar-refractivity contribution in [3.05, 3.63) is 35.9 Å². The molecule has 0 saturated heterocycles. The van der Waals surface area contributed by atoms with Crippen molar-refractivity contribution < 1.29 is 4.79 Å². The summed E-state index contributed by atoms with van der Waals surface area (Å²) in [6.07, 6.45) is 0.940. The van der Waals surface area contributed by atoms with Crippen LogP contribution in [0.3, 0.4) is 0 Å². The third-order valence-corrected chi connectivity index (χ3v) is 2.45. The maximum atomic E-state index is 11.4. The van der Waals surface area contributed by atoms with Gasteiger partial charge in [0.05, 0.1) is 6.54 Å². The summed E-state index contributed by atoms with van der Waals surface area (Å²) in [5.74, 6) is 0.0555. The van der Waals surface area contributed by atoms with E-state index >= 15 is 0 Å². The molecule has 0 heterocycles. The van der Waals surface area contributed by atoms with E-state index < -0.39 is 0 Å². The Morgan fingerprint density at radius 3 is 2.41 bits per heavy atom. The third kappa shape index (κ3) is 6.07. The fourth-order valence-corrected chi connectivity index (χ4v) is 1.68. The van der Waals surface area contributed by atoms with Gasteiger partial charge in [-0.1, -0.05) is 30.3 Å².